The Labute approximate surface area is 210 Å². The van der Waals surface area contributed by atoms with Gasteiger partial charge < -0.3 is 10.6 Å². The van der Waals surface area contributed by atoms with E-state index >= 15 is 0 Å². The summed E-state index contributed by atoms with van der Waals surface area (Å²) in [5.74, 6) is 0.347. The molecular weight excluding hydrogens is 457 g/mol. The van der Waals surface area contributed by atoms with Crippen molar-refractivity contribution in [2.24, 2.45) is 7.05 Å². The molecule has 5 rings (SSSR count). The van der Waals surface area contributed by atoms with Gasteiger partial charge in [-0.2, -0.15) is 5.10 Å². The minimum absolute atomic E-state index is 0.152. The second kappa shape index (κ2) is 9.51. The molecule has 0 saturated carbocycles. The van der Waals surface area contributed by atoms with Crippen molar-refractivity contribution in [1.82, 2.24) is 39.9 Å². The van der Waals surface area contributed by atoms with Gasteiger partial charge >= 0.3 is 0 Å². The van der Waals surface area contributed by atoms with Gasteiger partial charge in [-0.25, -0.2) is 24.3 Å². The van der Waals surface area contributed by atoms with Crippen LogP contribution >= 0.6 is 0 Å². The number of anilines is 2. The average molecular weight is 490 g/mol. The topological polar surface area (TPSA) is 96.7 Å². The van der Waals surface area contributed by atoms with Crippen LogP contribution in [0.25, 0.3) is 22.3 Å². The lowest BCUT2D eigenvalue weighted by molar-refractivity contribution is 0.185. The summed E-state index contributed by atoms with van der Waals surface area (Å²) in [6.45, 7) is 12.6. The zero-order valence-corrected chi connectivity index (χ0v) is 21.4. The molecule has 9 nitrogen and oxygen atoms in total. The number of hydrogen-bond donors (Lipinski definition) is 2. The predicted octanol–water partition coefficient (Wildman–Crippen LogP) is 3.97. The van der Waals surface area contributed by atoms with Crippen molar-refractivity contribution < 1.29 is 4.39 Å². The molecule has 0 radical (unpaired) electrons. The summed E-state index contributed by atoms with van der Waals surface area (Å²) < 4.78 is 16.7. The number of aryl methyl sites for hydroxylation is 1. The van der Waals surface area contributed by atoms with Crippen molar-refractivity contribution >= 4 is 22.8 Å². The number of fused-ring (bicyclic) bond motifs is 1. The fourth-order valence-electron chi connectivity index (χ4n) is 4.85. The summed E-state index contributed by atoms with van der Waals surface area (Å²) in [5, 5.41) is 11.9. The van der Waals surface area contributed by atoms with E-state index in [1.165, 1.54) is 6.20 Å². The molecule has 188 valence electrons. The zero-order valence-electron chi connectivity index (χ0n) is 21.4. The number of rotatable bonds is 5. The molecule has 0 aromatic carbocycles. The first-order valence-corrected chi connectivity index (χ1v) is 12.2. The van der Waals surface area contributed by atoms with Gasteiger partial charge in [-0.05, 0) is 24.6 Å². The SMILES string of the molecule is CC(c1ccc(Nc2ncc(F)c(-c3cnc4nn(C)c(C(C)(C)C)c4c3)n2)nc1)N1CCNCC1. The molecule has 0 aliphatic carbocycles. The molecule has 1 fully saturated rings. The Balaban J connectivity index is 1.40. The second-order valence-electron chi connectivity index (χ2n) is 10.3. The normalized spacial score (nSPS) is 15.8. The molecule has 1 saturated heterocycles. The van der Waals surface area contributed by atoms with Crippen LogP contribution in [0.3, 0.4) is 0 Å². The van der Waals surface area contributed by atoms with Crippen LogP contribution in [-0.2, 0) is 12.5 Å². The minimum atomic E-state index is -0.518. The highest BCUT2D eigenvalue weighted by molar-refractivity contribution is 5.83. The lowest BCUT2D eigenvalue weighted by atomic mass is 9.89. The molecule has 2 N–H and O–H groups in total. The number of nitrogens with zero attached hydrogens (tertiary/aromatic N) is 7. The Morgan fingerprint density at radius 2 is 1.83 bits per heavy atom. The third-order valence-electron chi connectivity index (χ3n) is 6.63. The summed E-state index contributed by atoms with van der Waals surface area (Å²) in [6, 6.07) is 6.14. The molecule has 36 heavy (non-hydrogen) atoms. The average Bonchev–Trinajstić information content (AvgIpc) is 3.21. The fourth-order valence-corrected chi connectivity index (χ4v) is 4.85. The molecule has 0 amide bonds. The zero-order chi connectivity index (χ0) is 25.4. The first kappa shape index (κ1) is 24.2. The van der Waals surface area contributed by atoms with Gasteiger partial charge in [0.05, 0.1) is 11.9 Å². The van der Waals surface area contributed by atoms with Crippen LogP contribution in [0, 0.1) is 5.82 Å². The molecule has 4 aromatic heterocycles. The molecule has 1 atom stereocenters. The lowest BCUT2D eigenvalue weighted by Gasteiger charge is -2.32. The quantitative estimate of drug-likeness (QED) is 0.435. The van der Waals surface area contributed by atoms with Crippen LogP contribution in [0.4, 0.5) is 16.2 Å². The van der Waals surface area contributed by atoms with Gasteiger partial charge in [0.25, 0.3) is 0 Å². The van der Waals surface area contributed by atoms with Gasteiger partial charge in [-0.1, -0.05) is 26.8 Å². The number of hydrogen-bond acceptors (Lipinski definition) is 8. The van der Waals surface area contributed by atoms with Crippen molar-refractivity contribution in [3.05, 3.63) is 53.9 Å². The molecule has 0 bridgehead atoms. The van der Waals surface area contributed by atoms with Crippen LogP contribution in [0.1, 0.15) is 45.0 Å². The van der Waals surface area contributed by atoms with Crippen molar-refractivity contribution in [2.75, 3.05) is 31.5 Å². The maximum absolute atomic E-state index is 14.8. The van der Waals surface area contributed by atoms with E-state index in [1.54, 1.807) is 6.20 Å². The lowest BCUT2D eigenvalue weighted by Crippen LogP contribution is -2.44. The monoisotopic (exact) mass is 489 g/mol. The van der Waals surface area contributed by atoms with Crippen molar-refractivity contribution in [1.29, 1.82) is 0 Å². The van der Waals surface area contributed by atoms with Crippen LogP contribution in [0.15, 0.2) is 36.8 Å². The standard InChI is InChI=1S/C26H32FN9/c1-16(36-10-8-28-9-11-36)17-6-7-21(29-13-17)32-25-31-15-20(27)22(33-25)18-12-19-23(26(2,3)4)35(5)34-24(19)30-14-18/h6-7,12-16,28H,8-11H2,1-5H3,(H,29,31,32,33). The van der Waals surface area contributed by atoms with Gasteiger partial charge in [0.15, 0.2) is 11.5 Å². The van der Waals surface area contributed by atoms with E-state index in [0.717, 1.165) is 42.8 Å². The fraction of sp³-hybridized carbons (Fsp3) is 0.423. The van der Waals surface area contributed by atoms with Crippen molar-refractivity contribution in [2.45, 2.75) is 39.2 Å². The van der Waals surface area contributed by atoms with Gasteiger partial charge in [-0.15, -0.1) is 0 Å². The predicted molar refractivity (Wildman–Crippen MR) is 139 cm³/mol. The van der Waals surface area contributed by atoms with Crippen molar-refractivity contribution in [3.63, 3.8) is 0 Å². The van der Waals surface area contributed by atoms with Crippen LogP contribution < -0.4 is 10.6 Å². The first-order valence-electron chi connectivity index (χ1n) is 12.2. The number of aromatic nitrogens is 6. The number of piperazine rings is 1. The Morgan fingerprint density at radius 3 is 2.53 bits per heavy atom. The summed E-state index contributed by atoms with van der Waals surface area (Å²) >= 11 is 0. The van der Waals surface area contributed by atoms with E-state index in [0.29, 0.717) is 17.0 Å². The van der Waals surface area contributed by atoms with Crippen LogP contribution in [-0.4, -0.2) is 60.8 Å². The number of halogens is 1. The van der Waals surface area contributed by atoms with Crippen LogP contribution in [0.2, 0.25) is 0 Å². The van der Waals surface area contributed by atoms with E-state index in [4.69, 9.17) is 0 Å². The second-order valence-corrected chi connectivity index (χ2v) is 10.3. The highest BCUT2D eigenvalue weighted by atomic mass is 19.1. The summed E-state index contributed by atoms with van der Waals surface area (Å²) in [4.78, 5) is 20.0. The van der Waals surface area contributed by atoms with E-state index in [1.807, 2.05) is 30.1 Å². The van der Waals surface area contributed by atoms with E-state index in [2.05, 4.69) is 74.3 Å². The minimum Gasteiger partial charge on any atom is -0.314 e. The van der Waals surface area contributed by atoms with Gasteiger partial charge in [-0.3, -0.25) is 9.58 Å². The Bertz CT molecular complexity index is 1370. The summed E-state index contributed by atoms with van der Waals surface area (Å²) in [5.41, 5.74) is 3.39. The Kier molecular flexibility index (Phi) is 6.40. The molecule has 10 heteroatoms. The third kappa shape index (κ3) is 4.78. The highest BCUT2D eigenvalue weighted by Crippen LogP contribution is 2.32. The Hall–Kier alpha value is -3.50. The molecule has 5 heterocycles. The molecular formula is C26H32FN9. The highest BCUT2D eigenvalue weighted by Gasteiger charge is 2.24. The van der Waals surface area contributed by atoms with Gasteiger partial charge in [0.1, 0.15) is 11.5 Å². The maximum atomic E-state index is 14.8. The number of pyridine rings is 2. The molecule has 1 aliphatic heterocycles. The summed E-state index contributed by atoms with van der Waals surface area (Å²) in [6.07, 6.45) is 4.64. The molecule has 0 spiro atoms. The largest absolute Gasteiger partial charge is 0.314 e. The van der Waals surface area contributed by atoms with Crippen LogP contribution in [0.5, 0.6) is 0 Å². The first-order chi connectivity index (χ1) is 17.2. The van der Waals surface area contributed by atoms with Gasteiger partial charge in [0.2, 0.25) is 5.95 Å². The maximum Gasteiger partial charge on any atom is 0.229 e. The third-order valence-corrected chi connectivity index (χ3v) is 6.63. The summed E-state index contributed by atoms with van der Waals surface area (Å²) in [7, 11) is 1.90. The van der Waals surface area contributed by atoms with E-state index in [9.17, 15) is 4.39 Å². The molecule has 4 aromatic rings. The molecule has 1 unspecified atom stereocenters. The Morgan fingerprint density at radius 1 is 1.06 bits per heavy atom. The molecule has 1 aliphatic rings. The smallest absolute Gasteiger partial charge is 0.229 e. The van der Waals surface area contributed by atoms with E-state index < -0.39 is 5.82 Å². The van der Waals surface area contributed by atoms with E-state index in [-0.39, 0.29) is 23.1 Å². The van der Waals surface area contributed by atoms with Gasteiger partial charge in [0, 0.05) is 68.0 Å². The number of nitrogens with one attached hydrogen (secondary N) is 2. The van der Waals surface area contributed by atoms with Crippen molar-refractivity contribution in [3.8, 4) is 11.3 Å².